The Kier molecular flexibility index (Phi) is 4.21. The Morgan fingerprint density at radius 3 is 3.05 bits per heavy atom. The normalized spacial score (nSPS) is 20.6. The number of hydrogen-bond acceptors (Lipinski definition) is 5. The van der Waals surface area contributed by atoms with Gasteiger partial charge in [-0.1, -0.05) is 5.16 Å². The summed E-state index contributed by atoms with van der Waals surface area (Å²) in [6.07, 6.45) is 2.09. The van der Waals surface area contributed by atoms with E-state index < -0.39 is 0 Å². The van der Waals surface area contributed by atoms with Gasteiger partial charge in [0.15, 0.2) is 5.84 Å². The van der Waals surface area contributed by atoms with Crippen molar-refractivity contribution in [2.75, 3.05) is 24.6 Å². The average molecular weight is 264 g/mol. The number of rotatable bonds is 3. The highest BCUT2D eigenvalue weighted by Gasteiger charge is 2.21. The van der Waals surface area contributed by atoms with E-state index in [9.17, 15) is 5.11 Å². The molecule has 1 aliphatic heterocycles. The molecule has 0 amide bonds. The van der Waals surface area contributed by atoms with Gasteiger partial charge in [-0.25, -0.2) is 4.98 Å². The fourth-order valence-electron chi connectivity index (χ4n) is 2.44. The predicted octanol–water partition coefficient (Wildman–Crippen LogP) is 0.693. The Bertz CT molecular complexity index is 476. The molecule has 4 N–H and O–H groups in total. The molecule has 1 atom stereocenters. The first-order valence-electron chi connectivity index (χ1n) is 6.46. The van der Waals surface area contributed by atoms with Crippen molar-refractivity contribution in [3.05, 3.63) is 23.4 Å². The van der Waals surface area contributed by atoms with Crippen LogP contribution in [0.25, 0.3) is 0 Å². The van der Waals surface area contributed by atoms with Crippen LogP contribution in [-0.2, 0) is 0 Å². The fraction of sp³-hybridized carbons (Fsp3) is 0.538. The van der Waals surface area contributed by atoms with Crippen molar-refractivity contribution in [2.45, 2.75) is 19.8 Å². The molecule has 1 saturated heterocycles. The van der Waals surface area contributed by atoms with Gasteiger partial charge < -0.3 is 20.9 Å². The van der Waals surface area contributed by atoms with Gasteiger partial charge in [0, 0.05) is 31.0 Å². The predicted molar refractivity (Wildman–Crippen MR) is 73.5 cm³/mol. The third-order valence-electron chi connectivity index (χ3n) is 3.44. The van der Waals surface area contributed by atoms with E-state index in [4.69, 9.17) is 10.9 Å². The maximum absolute atomic E-state index is 9.27. The van der Waals surface area contributed by atoms with Crippen molar-refractivity contribution in [1.29, 1.82) is 0 Å². The summed E-state index contributed by atoms with van der Waals surface area (Å²) in [5.74, 6) is 1.20. The molecule has 104 valence electrons. The number of hydrogen-bond donors (Lipinski definition) is 3. The van der Waals surface area contributed by atoms with Crippen molar-refractivity contribution < 1.29 is 10.3 Å². The lowest BCUT2D eigenvalue weighted by Gasteiger charge is -2.33. The van der Waals surface area contributed by atoms with Crippen LogP contribution in [0.2, 0.25) is 0 Å². The summed E-state index contributed by atoms with van der Waals surface area (Å²) in [6.45, 7) is 3.80. The Balaban J connectivity index is 2.26. The van der Waals surface area contributed by atoms with Gasteiger partial charge in [-0.05, 0) is 37.8 Å². The highest BCUT2D eigenvalue weighted by atomic mass is 16.4. The van der Waals surface area contributed by atoms with E-state index in [0.717, 1.165) is 37.4 Å². The zero-order valence-corrected chi connectivity index (χ0v) is 11.1. The molecular weight excluding hydrogens is 244 g/mol. The molecule has 1 aliphatic rings. The van der Waals surface area contributed by atoms with Crippen molar-refractivity contribution in [2.24, 2.45) is 16.8 Å². The summed E-state index contributed by atoms with van der Waals surface area (Å²) in [4.78, 5) is 6.64. The van der Waals surface area contributed by atoms with Gasteiger partial charge in [0.05, 0.1) is 0 Å². The van der Waals surface area contributed by atoms with Crippen LogP contribution in [0.15, 0.2) is 17.3 Å². The molecule has 0 radical (unpaired) electrons. The molecule has 0 bridgehead atoms. The molecule has 1 aromatic rings. The average Bonchev–Trinajstić information content (AvgIpc) is 2.45. The van der Waals surface area contributed by atoms with E-state index in [1.807, 2.05) is 13.0 Å². The van der Waals surface area contributed by atoms with Gasteiger partial charge >= 0.3 is 0 Å². The first kappa shape index (κ1) is 13.6. The fourth-order valence-corrected chi connectivity index (χ4v) is 2.44. The second-order valence-electron chi connectivity index (χ2n) is 4.98. The number of aryl methyl sites for hydroxylation is 1. The SMILES string of the molecule is Cc1cc(/C(N)=N/O)cc(N2CCCC(CO)C2)n1. The van der Waals surface area contributed by atoms with Crippen molar-refractivity contribution in [3.63, 3.8) is 0 Å². The number of nitrogens with two attached hydrogens (primary N) is 1. The largest absolute Gasteiger partial charge is 0.409 e. The molecule has 0 spiro atoms. The van der Waals surface area contributed by atoms with Gasteiger partial charge in [0.2, 0.25) is 0 Å². The van der Waals surface area contributed by atoms with Crippen LogP contribution in [0.5, 0.6) is 0 Å². The lowest BCUT2D eigenvalue weighted by Crippen LogP contribution is -2.37. The quantitative estimate of drug-likeness (QED) is 0.323. The molecule has 6 nitrogen and oxygen atoms in total. The first-order chi connectivity index (χ1) is 9.13. The second-order valence-corrected chi connectivity index (χ2v) is 4.98. The minimum absolute atomic E-state index is 0.0856. The monoisotopic (exact) mass is 264 g/mol. The molecule has 2 rings (SSSR count). The highest BCUT2D eigenvalue weighted by Crippen LogP contribution is 2.22. The summed E-state index contributed by atoms with van der Waals surface area (Å²) >= 11 is 0. The van der Waals surface area contributed by atoms with Crippen LogP contribution in [0.1, 0.15) is 24.1 Å². The smallest absolute Gasteiger partial charge is 0.170 e. The lowest BCUT2D eigenvalue weighted by atomic mass is 9.99. The number of oxime groups is 1. The third-order valence-corrected chi connectivity index (χ3v) is 3.44. The molecule has 2 heterocycles. The molecule has 1 unspecified atom stereocenters. The zero-order chi connectivity index (χ0) is 13.8. The minimum Gasteiger partial charge on any atom is -0.409 e. The minimum atomic E-state index is 0.0856. The Morgan fingerprint density at radius 2 is 2.37 bits per heavy atom. The van der Waals surface area contributed by atoms with Crippen LogP contribution in [0.4, 0.5) is 5.82 Å². The van der Waals surface area contributed by atoms with E-state index in [2.05, 4.69) is 15.0 Å². The summed E-state index contributed by atoms with van der Waals surface area (Å²) in [5, 5.41) is 21.1. The lowest BCUT2D eigenvalue weighted by molar-refractivity contribution is 0.208. The topological polar surface area (TPSA) is 95.0 Å². The van der Waals surface area contributed by atoms with Gasteiger partial charge in [-0.15, -0.1) is 0 Å². The molecule has 1 fully saturated rings. The Hall–Kier alpha value is -1.82. The molecule has 0 saturated carbocycles. The highest BCUT2D eigenvalue weighted by molar-refractivity contribution is 5.97. The number of pyridine rings is 1. The van der Waals surface area contributed by atoms with Gasteiger partial charge in [-0.3, -0.25) is 0 Å². The summed E-state index contributed by atoms with van der Waals surface area (Å²) in [5.41, 5.74) is 7.12. The van der Waals surface area contributed by atoms with Crippen molar-refractivity contribution in [1.82, 2.24) is 4.98 Å². The Labute approximate surface area is 112 Å². The maximum atomic E-state index is 9.27. The van der Waals surface area contributed by atoms with Gasteiger partial charge in [0.1, 0.15) is 5.82 Å². The van der Waals surface area contributed by atoms with Crippen LogP contribution in [0.3, 0.4) is 0 Å². The zero-order valence-electron chi connectivity index (χ0n) is 11.1. The molecular formula is C13H20N4O2. The summed E-state index contributed by atoms with van der Waals surface area (Å²) in [7, 11) is 0. The first-order valence-corrected chi connectivity index (χ1v) is 6.46. The number of piperidine rings is 1. The number of aliphatic hydroxyl groups is 1. The summed E-state index contributed by atoms with van der Waals surface area (Å²) < 4.78 is 0. The maximum Gasteiger partial charge on any atom is 0.170 e. The number of nitrogens with zero attached hydrogens (tertiary/aromatic N) is 3. The van der Waals surface area contributed by atoms with E-state index >= 15 is 0 Å². The number of aromatic nitrogens is 1. The molecule has 19 heavy (non-hydrogen) atoms. The van der Waals surface area contributed by atoms with Gasteiger partial charge in [-0.2, -0.15) is 0 Å². The van der Waals surface area contributed by atoms with Crippen molar-refractivity contribution >= 4 is 11.7 Å². The van der Waals surface area contributed by atoms with Crippen molar-refractivity contribution in [3.8, 4) is 0 Å². The molecule has 1 aromatic heterocycles. The van der Waals surface area contributed by atoms with E-state index in [-0.39, 0.29) is 12.4 Å². The summed E-state index contributed by atoms with van der Waals surface area (Å²) in [6, 6.07) is 3.60. The van der Waals surface area contributed by atoms with Crippen LogP contribution in [-0.4, -0.2) is 40.8 Å². The number of anilines is 1. The van der Waals surface area contributed by atoms with Crippen LogP contribution < -0.4 is 10.6 Å². The van der Waals surface area contributed by atoms with E-state index in [1.54, 1.807) is 6.07 Å². The second kappa shape index (κ2) is 5.88. The van der Waals surface area contributed by atoms with Crippen LogP contribution in [0, 0.1) is 12.8 Å². The Morgan fingerprint density at radius 1 is 1.58 bits per heavy atom. The number of amidine groups is 1. The number of aliphatic hydroxyl groups excluding tert-OH is 1. The molecule has 0 aliphatic carbocycles. The third kappa shape index (κ3) is 3.14. The molecule has 6 heteroatoms. The molecule has 0 aromatic carbocycles. The van der Waals surface area contributed by atoms with E-state index in [1.165, 1.54) is 0 Å². The van der Waals surface area contributed by atoms with E-state index in [0.29, 0.717) is 11.5 Å². The van der Waals surface area contributed by atoms with Crippen LogP contribution >= 0.6 is 0 Å². The van der Waals surface area contributed by atoms with Gasteiger partial charge in [0.25, 0.3) is 0 Å². The standard InChI is InChI=1S/C13H20N4O2/c1-9-5-11(13(14)16-19)6-12(15-9)17-4-2-3-10(7-17)8-18/h5-6,10,18-19H,2-4,7-8H2,1H3,(H2,14,16).